The zero-order valence-corrected chi connectivity index (χ0v) is 13.2. The minimum Gasteiger partial charge on any atom is -0.381 e. The second-order valence-electron chi connectivity index (χ2n) is 5.27. The molecule has 0 radical (unpaired) electrons. The lowest BCUT2D eigenvalue weighted by molar-refractivity contribution is -0.121. The largest absolute Gasteiger partial charge is 0.381 e. The third-order valence-electron chi connectivity index (χ3n) is 4.04. The van der Waals surface area contributed by atoms with E-state index in [0.29, 0.717) is 12.5 Å². The summed E-state index contributed by atoms with van der Waals surface area (Å²) in [6, 6.07) is 0.393. The number of halogens is 1. The van der Waals surface area contributed by atoms with Crippen molar-refractivity contribution in [1.29, 1.82) is 0 Å². The Morgan fingerprint density at radius 1 is 1.47 bits per heavy atom. The van der Waals surface area contributed by atoms with E-state index in [2.05, 4.69) is 16.9 Å². The maximum absolute atomic E-state index is 11.9. The van der Waals surface area contributed by atoms with Crippen molar-refractivity contribution in [2.75, 3.05) is 32.6 Å². The quantitative estimate of drug-likeness (QED) is 0.809. The van der Waals surface area contributed by atoms with E-state index < -0.39 is 0 Å². The van der Waals surface area contributed by atoms with Crippen molar-refractivity contribution in [2.45, 2.75) is 42.9 Å². The van der Waals surface area contributed by atoms with Crippen LogP contribution < -0.4 is 10.6 Å². The fourth-order valence-electron chi connectivity index (χ4n) is 2.68. The molecule has 0 aromatic rings. The molecule has 0 bridgehead atoms. The molecule has 0 aromatic heterocycles. The Morgan fingerprint density at radius 2 is 2.21 bits per heavy atom. The minimum absolute atomic E-state index is 0. The predicted octanol–water partition coefficient (Wildman–Crippen LogP) is 1.58. The summed E-state index contributed by atoms with van der Waals surface area (Å²) >= 11 is 1.87. The summed E-state index contributed by atoms with van der Waals surface area (Å²) in [5.74, 6) is 0.189. The van der Waals surface area contributed by atoms with Crippen LogP contribution in [-0.4, -0.2) is 49.3 Å². The number of carbonyl (C=O) groups excluding carboxylic acids is 1. The van der Waals surface area contributed by atoms with Gasteiger partial charge in [0.15, 0.2) is 0 Å². The van der Waals surface area contributed by atoms with E-state index in [-0.39, 0.29) is 23.1 Å². The van der Waals surface area contributed by atoms with E-state index in [1.807, 2.05) is 11.8 Å². The molecule has 1 amide bonds. The lowest BCUT2D eigenvalue weighted by Crippen LogP contribution is -2.45. The summed E-state index contributed by atoms with van der Waals surface area (Å²) in [5, 5.41) is 6.48. The van der Waals surface area contributed by atoms with Gasteiger partial charge in [-0.2, -0.15) is 11.8 Å². The molecule has 2 heterocycles. The third-order valence-corrected chi connectivity index (χ3v) is 5.46. The van der Waals surface area contributed by atoms with Gasteiger partial charge in [0.05, 0.1) is 0 Å². The van der Waals surface area contributed by atoms with Gasteiger partial charge in [0.1, 0.15) is 0 Å². The molecule has 1 atom stereocenters. The standard InChI is InChI=1S/C13H24N2O2S.ClH/c1-18-13(4-7-17-8-5-13)10-15-12(16)9-11-3-2-6-14-11;/h11,14H,2-10H2,1H3,(H,15,16);1H. The zero-order chi connectivity index (χ0) is 12.8. The molecule has 0 aliphatic carbocycles. The summed E-state index contributed by atoms with van der Waals surface area (Å²) in [5.41, 5.74) is 0. The van der Waals surface area contributed by atoms with Crippen molar-refractivity contribution in [2.24, 2.45) is 0 Å². The van der Waals surface area contributed by atoms with Crippen LogP contribution in [0.5, 0.6) is 0 Å². The predicted molar refractivity (Wildman–Crippen MR) is 82.2 cm³/mol. The first-order valence-corrected chi connectivity index (χ1v) is 8.10. The van der Waals surface area contributed by atoms with Crippen LogP contribution in [0.4, 0.5) is 0 Å². The molecule has 2 aliphatic heterocycles. The second-order valence-corrected chi connectivity index (χ2v) is 6.55. The van der Waals surface area contributed by atoms with E-state index >= 15 is 0 Å². The molecule has 0 spiro atoms. The lowest BCUT2D eigenvalue weighted by Gasteiger charge is -2.35. The van der Waals surface area contributed by atoms with Crippen LogP contribution in [0.1, 0.15) is 32.1 Å². The first-order chi connectivity index (χ1) is 8.74. The molecule has 2 fully saturated rings. The molecule has 6 heteroatoms. The van der Waals surface area contributed by atoms with Gasteiger partial charge in [-0.15, -0.1) is 12.4 Å². The number of rotatable bonds is 5. The van der Waals surface area contributed by atoms with Gasteiger partial charge < -0.3 is 15.4 Å². The summed E-state index contributed by atoms with van der Waals surface area (Å²) in [4.78, 5) is 11.9. The molecule has 1 unspecified atom stereocenters. The highest BCUT2D eigenvalue weighted by atomic mass is 35.5. The van der Waals surface area contributed by atoms with Crippen molar-refractivity contribution in [1.82, 2.24) is 10.6 Å². The number of amides is 1. The minimum atomic E-state index is 0. The Labute approximate surface area is 126 Å². The topological polar surface area (TPSA) is 50.4 Å². The molecule has 0 aromatic carbocycles. The van der Waals surface area contributed by atoms with Crippen molar-refractivity contribution in [3.05, 3.63) is 0 Å². The highest BCUT2D eigenvalue weighted by Gasteiger charge is 2.32. The number of carbonyl (C=O) groups is 1. The Hall–Kier alpha value is 0.0300. The average molecular weight is 309 g/mol. The van der Waals surface area contributed by atoms with Crippen LogP contribution in [0.15, 0.2) is 0 Å². The van der Waals surface area contributed by atoms with E-state index in [4.69, 9.17) is 4.74 Å². The number of thioether (sulfide) groups is 1. The number of ether oxygens (including phenoxy) is 1. The third kappa shape index (κ3) is 5.14. The first-order valence-electron chi connectivity index (χ1n) is 6.87. The van der Waals surface area contributed by atoms with E-state index in [1.165, 1.54) is 6.42 Å². The summed E-state index contributed by atoms with van der Waals surface area (Å²) in [7, 11) is 0. The molecule has 2 N–H and O–H groups in total. The molecule has 2 saturated heterocycles. The van der Waals surface area contributed by atoms with Crippen LogP contribution in [0.2, 0.25) is 0 Å². The highest BCUT2D eigenvalue weighted by Crippen LogP contribution is 2.32. The summed E-state index contributed by atoms with van der Waals surface area (Å²) in [6.07, 6.45) is 7.17. The highest BCUT2D eigenvalue weighted by molar-refractivity contribution is 8.00. The van der Waals surface area contributed by atoms with Crippen molar-refractivity contribution >= 4 is 30.1 Å². The Balaban J connectivity index is 0.00000180. The van der Waals surface area contributed by atoms with Gasteiger partial charge >= 0.3 is 0 Å². The second kappa shape index (κ2) is 8.35. The van der Waals surface area contributed by atoms with Crippen LogP contribution >= 0.6 is 24.2 Å². The maximum atomic E-state index is 11.9. The zero-order valence-electron chi connectivity index (χ0n) is 11.6. The van der Waals surface area contributed by atoms with Crippen molar-refractivity contribution < 1.29 is 9.53 Å². The van der Waals surface area contributed by atoms with Crippen LogP contribution in [0, 0.1) is 0 Å². The van der Waals surface area contributed by atoms with Gasteiger partial charge in [0, 0.05) is 37.0 Å². The molecular formula is C13H25ClN2O2S. The Bertz CT molecular complexity index is 280. The van der Waals surface area contributed by atoms with Gasteiger partial charge in [0.2, 0.25) is 5.91 Å². The lowest BCUT2D eigenvalue weighted by atomic mass is 9.99. The molecule has 112 valence electrons. The number of hydrogen-bond acceptors (Lipinski definition) is 4. The maximum Gasteiger partial charge on any atom is 0.221 e. The Morgan fingerprint density at radius 3 is 2.79 bits per heavy atom. The molecule has 19 heavy (non-hydrogen) atoms. The van der Waals surface area contributed by atoms with Crippen molar-refractivity contribution in [3.63, 3.8) is 0 Å². The fraction of sp³-hybridized carbons (Fsp3) is 0.923. The molecule has 2 aliphatic rings. The van der Waals surface area contributed by atoms with E-state index in [1.54, 1.807) is 0 Å². The summed E-state index contributed by atoms with van der Waals surface area (Å²) in [6.45, 7) is 3.48. The van der Waals surface area contributed by atoms with Gasteiger partial charge in [-0.3, -0.25) is 4.79 Å². The molecule has 4 nitrogen and oxygen atoms in total. The fourth-order valence-corrected chi connectivity index (χ4v) is 3.47. The Kier molecular flexibility index (Phi) is 7.50. The van der Waals surface area contributed by atoms with Gasteiger partial charge in [-0.1, -0.05) is 0 Å². The van der Waals surface area contributed by atoms with Gasteiger partial charge in [0.25, 0.3) is 0 Å². The van der Waals surface area contributed by atoms with E-state index in [0.717, 1.165) is 45.6 Å². The smallest absolute Gasteiger partial charge is 0.221 e. The molecule has 2 rings (SSSR count). The SMILES string of the molecule is CSC1(CNC(=O)CC2CCCN2)CCOCC1.Cl. The average Bonchev–Trinajstić information content (AvgIpc) is 2.90. The number of hydrogen-bond donors (Lipinski definition) is 2. The van der Waals surface area contributed by atoms with Gasteiger partial charge in [-0.05, 0) is 38.5 Å². The van der Waals surface area contributed by atoms with Crippen LogP contribution in [-0.2, 0) is 9.53 Å². The van der Waals surface area contributed by atoms with Gasteiger partial charge in [-0.25, -0.2) is 0 Å². The van der Waals surface area contributed by atoms with E-state index in [9.17, 15) is 4.79 Å². The summed E-state index contributed by atoms with van der Waals surface area (Å²) < 4.78 is 5.60. The first kappa shape index (κ1) is 17.1. The molecular weight excluding hydrogens is 284 g/mol. The normalized spacial score (nSPS) is 25.6. The number of nitrogens with one attached hydrogen (secondary N) is 2. The molecule has 0 saturated carbocycles. The monoisotopic (exact) mass is 308 g/mol. The van der Waals surface area contributed by atoms with Crippen LogP contribution in [0.25, 0.3) is 0 Å². The van der Waals surface area contributed by atoms with Crippen molar-refractivity contribution in [3.8, 4) is 0 Å². The van der Waals surface area contributed by atoms with Crippen LogP contribution in [0.3, 0.4) is 0 Å².